The first-order chi connectivity index (χ1) is 6.50. The highest BCUT2D eigenvalue weighted by Crippen LogP contribution is 2.18. The molecule has 0 aliphatic heterocycles. The maximum Gasteiger partial charge on any atom is 0.171 e. The lowest BCUT2D eigenvalue weighted by Crippen LogP contribution is -2.10. The molecule has 0 saturated carbocycles. The minimum atomic E-state index is 0. The van der Waals surface area contributed by atoms with Crippen LogP contribution in [-0.2, 0) is 0 Å². The summed E-state index contributed by atoms with van der Waals surface area (Å²) in [6, 6.07) is 0.354. The molecule has 3 N–H and O–H groups in total. The van der Waals surface area contributed by atoms with Crippen LogP contribution in [0.15, 0.2) is 6.20 Å². The fourth-order valence-corrected chi connectivity index (χ4v) is 1.11. The summed E-state index contributed by atoms with van der Waals surface area (Å²) in [7, 11) is 0. The molecule has 1 aromatic rings. The maximum atomic E-state index is 5.82. The van der Waals surface area contributed by atoms with Gasteiger partial charge in [-0.25, -0.2) is 0 Å². The van der Waals surface area contributed by atoms with Gasteiger partial charge < -0.3 is 11.1 Å². The third-order valence-electron chi connectivity index (χ3n) is 1.97. The number of nitrogens with two attached hydrogens (primary N) is 1. The van der Waals surface area contributed by atoms with E-state index in [1.54, 1.807) is 0 Å². The third kappa shape index (κ3) is 4.94. The molecule has 0 amide bonds. The number of anilines is 2. The van der Waals surface area contributed by atoms with Crippen molar-refractivity contribution in [3.8, 4) is 0 Å². The minimum Gasteiger partial charge on any atom is -0.394 e. The van der Waals surface area contributed by atoms with E-state index in [2.05, 4.69) is 38.1 Å². The molecule has 0 fully saturated rings. The van der Waals surface area contributed by atoms with Crippen molar-refractivity contribution < 1.29 is 0 Å². The predicted octanol–water partition coefficient (Wildman–Crippen LogP) is 2.96. The molecule has 6 heteroatoms. The average molecular weight is 269 g/mol. The number of hydrogen-bond donors (Lipinski definition) is 2. The Labute approximate surface area is 110 Å². The van der Waals surface area contributed by atoms with Gasteiger partial charge in [0.05, 0.1) is 11.9 Å². The molecule has 4 nitrogen and oxygen atoms in total. The summed E-state index contributed by atoms with van der Waals surface area (Å²) in [5.41, 5.74) is 6.54. The quantitative estimate of drug-likeness (QED) is 0.883. The van der Waals surface area contributed by atoms with Crippen LogP contribution >= 0.6 is 24.8 Å². The molecule has 1 aromatic heterocycles. The van der Waals surface area contributed by atoms with Gasteiger partial charge in [0.1, 0.15) is 0 Å². The van der Waals surface area contributed by atoms with Gasteiger partial charge in [0.25, 0.3) is 0 Å². The second kappa shape index (κ2) is 7.63. The number of nitrogen functional groups attached to an aromatic ring is 1. The zero-order valence-corrected chi connectivity index (χ0v) is 11.9. The average Bonchev–Trinajstić information content (AvgIpc) is 2.43. The van der Waals surface area contributed by atoms with Crippen LogP contribution in [-0.4, -0.2) is 16.3 Å². The van der Waals surface area contributed by atoms with E-state index in [1.807, 2.05) is 10.9 Å². The highest BCUT2D eigenvalue weighted by Gasteiger charge is 2.07. The predicted molar refractivity (Wildman–Crippen MR) is 74.8 cm³/mol. The Balaban J connectivity index is 0. The molecule has 1 heterocycles. The molecule has 1 rings (SSSR count). The molecule has 0 atom stereocenters. The van der Waals surface area contributed by atoms with Crippen molar-refractivity contribution in [2.75, 3.05) is 17.6 Å². The fourth-order valence-electron chi connectivity index (χ4n) is 1.11. The van der Waals surface area contributed by atoms with E-state index in [9.17, 15) is 0 Å². The van der Waals surface area contributed by atoms with Crippen LogP contribution in [0.4, 0.5) is 11.5 Å². The summed E-state index contributed by atoms with van der Waals surface area (Å²) < 4.78 is 1.87. The van der Waals surface area contributed by atoms with Gasteiger partial charge in [-0.05, 0) is 19.8 Å². The molecule has 0 bridgehead atoms. The lowest BCUT2D eigenvalue weighted by Gasteiger charge is -2.07. The molecule has 0 aliphatic rings. The molecule has 96 valence electrons. The van der Waals surface area contributed by atoms with E-state index in [4.69, 9.17) is 5.73 Å². The Morgan fingerprint density at radius 3 is 2.25 bits per heavy atom. The first-order valence-corrected chi connectivity index (χ1v) is 5.09. The second-order valence-electron chi connectivity index (χ2n) is 4.28. The lowest BCUT2D eigenvalue weighted by atomic mass is 10.2. The molecule has 16 heavy (non-hydrogen) atoms. The number of nitrogens with one attached hydrogen (secondary N) is 1. The smallest absolute Gasteiger partial charge is 0.171 e. The van der Waals surface area contributed by atoms with E-state index in [-0.39, 0.29) is 24.8 Å². The Kier molecular flexibility index (Phi) is 8.47. The zero-order valence-electron chi connectivity index (χ0n) is 10.2. The van der Waals surface area contributed by atoms with Crippen LogP contribution in [0.1, 0.15) is 33.7 Å². The Hall–Kier alpha value is -0.610. The Bertz CT molecular complexity index is 297. The Morgan fingerprint density at radius 1 is 1.31 bits per heavy atom. The highest BCUT2D eigenvalue weighted by atomic mass is 35.5. The lowest BCUT2D eigenvalue weighted by molar-refractivity contribution is 0.533. The Morgan fingerprint density at radius 2 is 1.88 bits per heavy atom. The van der Waals surface area contributed by atoms with Crippen molar-refractivity contribution in [3.63, 3.8) is 0 Å². The summed E-state index contributed by atoms with van der Waals surface area (Å²) in [5, 5.41) is 7.59. The van der Waals surface area contributed by atoms with Crippen molar-refractivity contribution in [2.24, 2.45) is 5.92 Å². The number of halogens is 2. The number of nitrogens with zero attached hydrogens (tertiary/aromatic N) is 2. The summed E-state index contributed by atoms with van der Waals surface area (Å²) >= 11 is 0. The largest absolute Gasteiger partial charge is 0.394 e. The van der Waals surface area contributed by atoms with E-state index in [1.165, 1.54) is 0 Å². The second-order valence-corrected chi connectivity index (χ2v) is 4.28. The van der Waals surface area contributed by atoms with Gasteiger partial charge >= 0.3 is 0 Å². The van der Waals surface area contributed by atoms with Crippen LogP contribution in [0.2, 0.25) is 0 Å². The maximum absolute atomic E-state index is 5.82. The van der Waals surface area contributed by atoms with E-state index >= 15 is 0 Å². The van der Waals surface area contributed by atoms with Crippen LogP contribution in [0.5, 0.6) is 0 Å². The molecular weight excluding hydrogens is 247 g/mol. The van der Waals surface area contributed by atoms with Crippen molar-refractivity contribution in [2.45, 2.75) is 33.7 Å². The summed E-state index contributed by atoms with van der Waals surface area (Å²) in [6.45, 7) is 9.38. The standard InChI is InChI=1S/C10H20N4.2ClH/c1-7(2)5-12-10-9(11)6-14(13-10)8(3)4;;/h6-8H,5,11H2,1-4H3,(H,12,13);2*1H. The van der Waals surface area contributed by atoms with Gasteiger partial charge in [0.2, 0.25) is 0 Å². The number of aromatic nitrogens is 2. The molecular formula is C10H22Cl2N4. The molecule has 0 aromatic carbocycles. The van der Waals surface area contributed by atoms with Crippen LogP contribution in [0.25, 0.3) is 0 Å². The number of rotatable bonds is 4. The van der Waals surface area contributed by atoms with E-state index in [0.717, 1.165) is 18.1 Å². The van der Waals surface area contributed by atoms with Crippen molar-refractivity contribution in [1.29, 1.82) is 0 Å². The summed E-state index contributed by atoms with van der Waals surface area (Å²) in [6.07, 6.45) is 1.87. The van der Waals surface area contributed by atoms with Crippen molar-refractivity contribution >= 4 is 36.3 Å². The van der Waals surface area contributed by atoms with E-state index < -0.39 is 0 Å². The molecule has 0 saturated heterocycles. The highest BCUT2D eigenvalue weighted by molar-refractivity contribution is 5.85. The number of hydrogen-bond acceptors (Lipinski definition) is 3. The van der Waals surface area contributed by atoms with Gasteiger partial charge in [-0.15, -0.1) is 24.8 Å². The summed E-state index contributed by atoms with van der Waals surface area (Å²) in [5.74, 6) is 1.39. The topological polar surface area (TPSA) is 55.9 Å². The molecule has 0 radical (unpaired) electrons. The van der Waals surface area contributed by atoms with Crippen LogP contribution in [0.3, 0.4) is 0 Å². The van der Waals surface area contributed by atoms with Gasteiger partial charge in [0, 0.05) is 12.6 Å². The van der Waals surface area contributed by atoms with Crippen molar-refractivity contribution in [3.05, 3.63) is 6.20 Å². The molecule has 0 unspecified atom stereocenters. The first-order valence-electron chi connectivity index (χ1n) is 5.09. The molecule has 0 spiro atoms. The van der Waals surface area contributed by atoms with Gasteiger partial charge in [0.15, 0.2) is 5.82 Å². The first kappa shape index (κ1) is 17.8. The fraction of sp³-hybridized carbons (Fsp3) is 0.700. The van der Waals surface area contributed by atoms with Crippen LogP contribution in [0, 0.1) is 5.92 Å². The normalized spacial score (nSPS) is 9.88. The third-order valence-corrected chi connectivity index (χ3v) is 1.97. The molecule has 0 aliphatic carbocycles. The van der Waals surface area contributed by atoms with Gasteiger partial charge in [-0.3, -0.25) is 4.68 Å². The monoisotopic (exact) mass is 268 g/mol. The van der Waals surface area contributed by atoms with Gasteiger partial charge in [-0.2, -0.15) is 5.10 Å². The van der Waals surface area contributed by atoms with E-state index in [0.29, 0.717) is 12.0 Å². The van der Waals surface area contributed by atoms with Crippen molar-refractivity contribution in [1.82, 2.24) is 9.78 Å². The SMILES string of the molecule is CC(C)CNc1nn(C(C)C)cc1N.Cl.Cl. The summed E-state index contributed by atoms with van der Waals surface area (Å²) in [4.78, 5) is 0. The zero-order chi connectivity index (χ0) is 10.7. The van der Waals surface area contributed by atoms with Gasteiger partial charge in [-0.1, -0.05) is 13.8 Å². The minimum absolute atomic E-state index is 0. The van der Waals surface area contributed by atoms with Crippen LogP contribution < -0.4 is 11.1 Å².